The molecule has 4 rings (SSSR count). The summed E-state index contributed by atoms with van der Waals surface area (Å²) in [5.74, 6) is 0.417. The van der Waals surface area contributed by atoms with E-state index in [4.69, 9.17) is 60.7 Å². The van der Waals surface area contributed by atoms with E-state index in [1.54, 1.807) is 67.3 Å². The quantitative estimate of drug-likeness (QED) is 0.0950. The molecule has 2 aromatic heterocycles. The van der Waals surface area contributed by atoms with Crippen molar-refractivity contribution in [3.63, 3.8) is 0 Å². The van der Waals surface area contributed by atoms with E-state index < -0.39 is 15.3 Å². The van der Waals surface area contributed by atoms with Gasteiger partial charge in [0, 0.05) is 69.1 Å². The van der Waals surface area contributed by atoms with Crippen LogP contribution in [0.5, 0.6) is 23.0 Å². The maximum atomic E-state index is 11.8. The molecule has 23 heteroatoms. The van der Waals surface area contributed by atoms with Crippen LogP contribution >= 0.6 is 0 Å². The average molecular weight is 953 g/mol. The van der Waals surface area contributed by atoms with Crippen molar-refractivity contribution in [1.29, 1.82) is 5.26 Å². The third-order valence-corrected chi connectivity index (χ3v) is 5.37. The minimum Gasteiger partial charge on any atom is -0.870 e. The van der Waals surface area contributed by atoms with Gasteiger partial charge in [0.2, 0.25) is 0 Å². The fraction of sp³-hybridized carbons (Fsp3) is 0.219. The van der Waals surface area contributed by atoms with Crippen molar-refractivity contribution in [2.24, 2.45) is 9.98 Å². The summed E-state index contributed by atoms with van der Waals surface area (Å²) in [6.07, 6.45) is 8.22. The standard InChI is InChI=1S/2C15H16N2O2.C2H3N.3NO3.Sm.Zn/c2*1-19-14-7-4-5-12(15(14)18)11-16-10-8-13-6-2-3-9-17-13;1-2-3;3*2-1(3)4;;/h2*2-7,9,11,18H,8,10H2,1H3;1H3;;;;;/q;;;3*-1;+3;+2/p-2. The zero-order valence-electron chi connectivity index (χ0n) is 29.6. The van der Waals surface area contributed by atoms with Crippen molar-refractivity contribution in [3.8, 4) is 29.1 Å². The molecule has 0 aliphatic rings. The molecule has 0 N–H and O–H groups in total. The number of hydrogen-bond acceptors (Lipinski definition) is 18. The predicted octanol–water partition coefficient (Wildman–Crippen LogP) is 3.46. The monoisotopic (exact) mass is 953 g/mol. The van der Waals surface area contributed by atoms with E-state index in [2.05, 4.69) is 20.0 Å². The first-order chi connectivity index (χ1) is 25.2. The summed E-state index contributed by atoms with van der Waals surface area (Å²) >= 11 is 0. The van der Waals surface area contributed by atoms with Gasteiger partial charge in [-0.2, -0.15) is 5.26 Å². The first kappa shape index (κ1) is 56.1. The second kappa shape index (κ2) is 36.7. The summed E-state index contributed by atoms with van der Waals surface area (Å²) < 4.78 is 9.95. The molecular weight excluding hydrogens is 920 g/mol. The third kappa shape index (κ3) is 32.7. The van der Waals surface area contributed by atoms with Crippen LogP contribution in [0.4, 0.5) is 0 Å². The van der Waals surface area contributed by atoms with Gasteiger partial charge in [0.05, 0.1) is 35.5 Å². The second-order valence-electron chi connectivity index (χ2n) is 8.86. The summed E-state index contributed by atoms with van der Waals surface area (Å²) in [6, 6.07) is 23.6. The Balaban J connectivity index is -0.000000338. The first-order valence-electron chi connectivity index (χ1n) is 14.5. The van der Waals surface area contributed by atoms with Crippen LogP contribution in [0.25, 0.3) is 0 Å². The Morgan fingerprint density at radius 1 is 0.655 bits per heavy atom. The number of para-hydroxylation sites is 2. The second-order valence-corrected chi connectivity index (χ2v) is 8.86. The predicted molar refractivity (Wildman–Crippen MR) is 188 cm³/mol. The summed E-state index contributed by atoms with van der Waals surface area (Å²) in [4.78, 5) is 41.7. The minimum atomic E-state index is -1.75. The van der Waals surface area contributed by atoms with Gasteiger partial charge >= 0.3 is 59.9 Å². The zero-order valence-corrected chi connectivity index (χ0v) is 35.2. The van der Waals surface area contributed by atoms with E-state index >= 15 is 0 Å². The van der Waals surface area contributed by atoms with E-state index in [0.29, 0.717) is 35.7 Å². The van der Waals surface area contributed by atoms with Crippen LogP contribution in [0.15, 0.2) is 95.2 Å². The molecule has 0 atom stereocenters. The molecule has 0 aliphatic carbocycles. The Morgan fingerprint density at radius 3 is 1.22 bits per heavy atom. The maximum Gasteiger partial charge on any atom is 3.00 e. The minimum absolute atomic E-state index is 0. The van der Waals surface area contributed by atoms with Gasteiger partial charge in [0.25, 0.3) is 0 Å². The molecule has 4 aromatic rings. The molecule has 0 fully saturated rings. The first-order valence-corrected chi connectivity index (χ1v) is 14.5. The van der Waals surface area contributed by atoms with E-state index in [-0.39, 0.29) is 71.4 Å². The number of aliphatic imine (C=N–C) groups is 2. The molecule has 1 radical (unpaired) electrons. The largest absolute Gasteiger partial charge is 3.00 e. The van der Waals surface area contributed by atoms with Crippen LogP contribution in [-0.4, -0.2) is 65.0 Å². The Morgan fingerprint density at radius 2 is 0.964 bits per heavy atom. The van der Waals surface area contributed by atoms with E-state index in [1.165, 1.54) is 21.1 Å². The maximum absolute atomic E-state index is 11.8. The van der Waals surface area contributed by atoms with Gasteiger partial charge in [0.1, 0.15) is 11.5 Å². The van der Waals surface area contributed by atoms with Gasteiger partial charge in [-0.1, -0.05) is 47.9 Å². The molecule has 0 bridgehead atoms. The number of pyridine rings is 2. The van der Waals surface area contributed by atoms with Gasteiger partial charge < -0.3 is 65.7 Å². The number of ether oxygens (including phenoxy) is 2. The van der Waals surface area contributed by atoms with Gasteiger partial charge in [-0.3, -0.25) is 20.0 Å². The van der Waals surface area contributed by atoms with Crippen molar-refractivity contribution < 1.29 is 94.8 Å². The van der Waals surface area contributed by atoms with Crippen LogP contribution in [0, 0.1) is 97.7 Å². The van der Waals surface area contributed by atoms with Crippen LogP contribution in [0.3, 0.4) is 0 Å². The van der Waals surface area contributed by atoms with Crippen LogP contribution in [0.1, 0.15) is 29.4 Å². The van der Waals surface area contributed by atoms with Gasteiger partial charge in [-0.05, 0) is 47.5 Å². The van der Waals surface area contributed by atoms with Crippen LogP contribution < -0.4 is 19.7 Å². The van der Waals surface area contributed by atoms with Crippen molar-refractivity contribution in [1.82, 2.24) is 9.97 Å². The smallest absolute Gasteiger partial charge is 0.870 e. The van der Waals surface area contributed by atoms with Crippen molar-refractivity contribution >= 4 is 12.4 Å². The number of rotatable bonds is 10. The molecule has 2 heterocycles. The van der Waals surface area contributed by atoms with Crippen molar-refractivity contribution in [2.75, 3.05) is 27.3 Å². The van der Waals surface area contributed by atoms with E-state index in [0.717, 1.165) is 24.2 Å². The number of aromatic nitrogens is 2. The van der Waals surface area contributed by atoms with E-state index in [9.17, 15) is 10.2 Å². The molecule has 287 valence electrons. The molecule has 0 amide bonds. The van der Waals surface area contributed by atoms with Gasteiger partial charge in [-0.15, -0.1) is 0 Å². The number of nitriles is 1. The topological polar surface area (TPSA) is 337 Å². The Hall–Kier alpha value is -5.67. The van der Waals surface area contributed by atoms with Gasteiger partial charge in [0.15, 0.2) is 0 Å². The fourth-order valence-electron chi connectivity index (χ4n) is 3.37. The number of benzene rings is 2. The van der Waals surface area contributed by atoms with Crippen molar-refractivity contribution in [2.45, 2.75) is 19.8 Å². The summed E-state index contributed by atoms with van der Waals surface area (Å²) in [7, 11) is 2.97. The van der Waals surface area contributed by atoms with Crippen LogP contribution in [-0.2, 0) is 32.3 Å². The normalized spacial score (nSPS) is 8.91. The number of methoxy groups -OCH3 is 2. The molecule has 0 aliphatic heterocycles. The molecular formula is C32H33N8O13SmZn. The Bertz CT molecular complexity index is 1590. The third-order valence-electron chi connectivity index (χ3n) is 5.37. The van der Waals surface area contributed by atoms with Crippen molar-refractivity contribution in [3.05, 3.63) is 154 Å². The molecule has 55 heavy (non-hydrogen) atoms. The molecule has 0 unspecified atom stereocenters. The van der Waals surface area contributed by atoms with Gasteiger partial charge in [-0.25, -0.2) is 0 Å². The summed E-state index contributed by atoms with van der Waals surface area (Å²) in [5.41, 5.74) is 3.07. The average Bonchev–Trinajstić information content (AvgIpc) is 3.11. The summed E-state index contributed by atoms with van der Waals surface area (Å²) in [5, 5.41) is 75.2. The zero-order chi connectivity index (χ0) is 40.4. The number of nitrogens with zero attached hydrogens (tertiary/aromatic N) is 8. The molecule has 2 aromatic carbocycles. The molecule has 0 spiro atoms. The number of hydrogen-bond donors (Lipinski definition) is 0. The fourth-order valence-corrected chi connectivity index (χ4v) is 3.37. The molecule has 0 saturated carbocycles. The Kier molecular flexibility index (Phi) is 37.4. The summed E-state index contributed by atoms with van der Waals surface area (Å²) in [6.45, 7) is 2.64. The molecule has 21 nitrogen and oxygen atoms in total. The van der Waals surface area contributed by atoms with E-state index in [1.807, 2.05) is 36.4 Å². The van der Waals surface area contributed by atoms with Crippen LogP contribution in [0.2, 0.25) is 0 Å². The Labute approximate surface area is 359 Å². The SMILES string of the molecule is CC#N.COc1cccc(C=NCCc2ccccn2)c1[O-].COc1cccc(C=NCCc2ccccn2)c1[O-].O=[N+]([O-])[O-].O=[N+]([O-])[O-].O=[N+]([O-])[O-].[Sm+3].[Zn+2]. The molecule has 0 saturated heterocycles.